The molecule has 0 radical (unpaired) electrons. The third-order valence-electron chi connectivity index (χ3n) is 3.37. The van der Waals surface area contributed by atoms with E-state index in [1.807, 2.05) is 0 Å². The first-order valence-electron chi connectivity index (χ1n) is 5.80. The highest BCUT2D eigenvalue weighted by atomic mass is 35.5. The molecule has 3 atom stereocenters. The van der Waals surface area contributed by atoms with Gasteiger partial charge in [0.2, 0.25) is 5.24 Å². The number of rotatable bonds is 4. The van der Waals surface area contributed by atoms with Gasteiger partial charge >= 0.3 is 0 Å². The van der Waals surface area contributed by atoms with E-state index in [0.717, 1.165) is 6.42 Å². The summed E-state index contributed by atoms with van der Waals surface area (Å²) in [6.45, 7) is 6.75. The Morgan fingerprint density at radius 2 is 2.13 bits per heavy atom. The van der Waals surface area contributed by atoms with E-state index < -0.39 is 5.24 Å². The third kappa shape index (κ3) is 4.12. The Hall–Kier alpha value is -0.0800. The molecule has 1 fully saturated rings. The Kier molecular flexibility index (Phi) is 5.07. The second-order valence-corrected chi connectivity index (χ2v) is 5.45. The van der Waals surface area contributed by atoms with Crippen LogP contribution in [0, 0.1) is 17.8 Å². The topological polar surface area (TPSA) is 26.3 Å². The van der Waals surface area contributed by atoms with Crippen LogP contribution in [0.25, 0.3) is 0 Å². The van der Waals surface area contributed by atoms with Gasteiger partial charge in [-0.3, -0.25) is 4.79 Å². The van der Waals surface area contributed by atoms with Crippen LogP contribution in [0.4, 0.5) is 0 Å². The fourth-order valence-corrected chi connectivity index (χ4v) is 2.54. The van der Waals surface area contributed by atoms with Crippen molar-refractivity contribution >= 4 is 16.8 Å². The van der Waals surface area contributed by atoms with Gasteiger partial charge in [-0.25, -0.2) is 0 Å². The minimum atomic E-state index is -0.393. The summed E-state index contributed by atoms with van der Waals surface area (Å²) in [6, 6.07) is 0. The molecule has 0 N–H and O–H groups in total. The van der Waals surface area contributed by atoms with E-state index in [4.69, 9.17) is 16.3 Å². The number of carbonyl (C=O) groups is 1. The Labute approximate surface area is 97.3 Å². The maximum Gasteiger partial charge on any atom is 0.247 e. The van der Waals surface area contributed by atoms with Crippen LogP contribution < -0.4 is 0 Å². The minimum Gasteiger partial charge on any atom is -0.369 e. The molecule has 1 aliphatic rings. The fourth-order valence-electron chi connectivity index (χ4n) is 2.48. The first-order chi connectivity index (χ1) is 7.00. The van der Waals surface area contributed by atoms with Gasteiger partial charge < -0.3 is 4.74 Å². The quantitative estimate of drug-likeness (QED) is 0.696. The van der Waals surface area contributed by atoms with Gasteiger partial charge in [-0.2, -0.15) is 0 Å². The van der Waals surface area contributed by atoms with Gasteiger partial charge in [0.1, 0.15) is 6.61 Å². The molecule has 1 rings (SSSR count). The van der Waals surface area contributed by atoms with Crippen molar-refractivity contribution in [3.05, 3.63) is 0 Å². The number of hydrogen-bond acceptors (Lipinski definition) is 2. The molecule has 1 saturated carbocycles. The molecule has 0 aromatic carbocycles. The maximum absolute atomic E-state index is 10.7. The molecule has 0 amide bonds. The molecule has 2 nitrogen and oxygen atoms in total. The van der Waals surface area contributed by atoms with E-state index in [1.54, 1.807) is 0 Å². The summed E-state index contributed by atoms with van der Waals surface area (Å²) in [5.41, 5.74) is 0. The number of hydrogen-bond donors (Lipinski definition) is 0. The summed E-state index contributed by atoms with van der Waals surface area (Å²) in [7, 11) is 0. The lowest BCUT2D eigenvalue weighted by Crippen LogP contribution is -2.35. The molecule has 0 aromatic heterocycles. The lowest BCUT2D eigenvalue weighted by Gasteiger charge is -2.36. The molecule has 0 aliphatic heterocycles. The van der Waals surface area contributed by atoms with Gasteiger partial charge in [-0.15, -0.1) is 0 Å². The molecule has 0 bridgehead atoms. The van der Waals surface area contributed by atoms with Gasteiger partial charge in [-0.05, 0) is 42.2 Å². The average molecular weight is 233 g/mol. The molecular weight excluding hydrogens is 212 g/mol. The Bertz CT molecular complexity index is 216. The second-order valence-electron chi connectivity index (χ2n) is 5.03. The normalized spacial score (nSPS) is 31.9. The fraction of sp³-hybridized carbons (Fsp3) is 0.917. The zero-order chi connectivity index (χ0) is 11.4. The summed E-state index contributed by atoms with van der Waals surface area (Å²) in [5, 5.41) is -0.393. The average Bonchev–Trinajstić information content (AvgIpc) is 2.14. The predicted molar refractivity (Wildman–Crippen MR) is 61.9 cm³/mol. The van der Waals surface area contributed by atoms with Crippen molar-refractivity contribution in [1.29, 1.82) is 0 Å². The summed E-state index contributed by atoms with van der Waals surface area (Å²) in [5.74, 6) is 1.90. The van der Waals surface area contributed by atoms with E-state index in [1.165, 1.54) is 12.8 Å². The van der Waals surface area contributed by atoms with Crippen LogP contribution in [0.3, 0.4) is 0 Å². The van der Waals surface area contributed by atoms with Gasteiger partial charge in [0.25, 0.3) is 0 Å². The summed E-state index contributed by atoms with van der Waals surface area (Å²) in [4.78, 5) is 10.7. The zero-order valence-corrected chi connectivity index (χ0v) is 10.6. The van der Waals surface area contributed by atoms with E-state index in [-0.39, 0.29) is 12.7 Å². The summed E-state index contributed by atoms with van der Waals surface area (Å²) >= 11 is 5.30. The van der Waals surface area contributed by atoms with Crippen LogP contribution in [0.1, 0.15) is 40.0 Å². The number of carbonyl (C=O) groups excluding carboxylic acids is 1. The highest BCUT2D eigenvalue weighted by Crippen LogP contribution is 2.35. The predicted octanol–water partition coefficient (Wildman–Crippen LogP) is 3.23. The Morgan fingerprint density at radius 1 is 1.47 bits per heavy atom. The standard InChI is InChI=1S/C12H21ClO2/c1-8(2)10-5-4-9(3)6-11(10)15-7-12(13)14/h8-11H,4-7H2,1-3H3/t9-,10+,11-/m0/s1. The van der Waals surface area contributed by atoms with Crippen molar-refractivity contribution in [2.45, 2.75) is 46.1 Å². The van der Waals surface area contributed by atoms with Crippen molar-refractivity contribution in [2.75, 3.05) is 6.61 Å². The van der Waals surface area contributed by atoms with Gasteiger partial charge in [-0.1, -0.05) is 27.2 Å². The van der Waals surface area contributed by atoms with Crippen LogP contribution in [0.2, 0.25) is 0 Å². The zero-order valence-electron chi connectivity index (χ0n) is 9.83. The van der Waals surface area contributed by atoms with Crippen LogP contribution in [0.15, 0.2) is 0 Å². The molecular formula is C12H21ClO2. The van der Waals surface area contributed by atoms with Gasteiger partial charge in [0, 0.05) is 0 Å². The molecule has 3 heteroatoms. The van der Waals surface area contributed by atoms with Crippen LogP contribution in [-0.2, 0) is 9.53 Å². The highest BCUT2D eigenvalue weighted by molar-refractivity contribution is 6.63. The molecule has 0 unspecified atom stereocenters. The minimum absolute atomic E-state index is 0.0577. The van der Waals surface area contributed by atoms with Gasteiger partial charge in [0.05, 0.1) is 6.10 Å². The summed E-state index contributed by atoms with van der Waals surface area (Å²) in [6.07, 6.45) is 3.77. The number of ether oxygens (including phenoxy) is 1. The highest BCUT2D eigenvalue weighted by Gasteiger charge is 2.31. The monoisotopic (exact) mass is 232 g/mol. The van der Waals surface area contributed by atoms with Crippen LogP contribution >= 0.6 is 11.6 Å². The van der Waals surface area contributed by atoms with Crippen molar-refractivity contribution < 1.29 is 9.53 Å². The third-order valence-corrected chi connectivity index (χ3v) is 3.48. The first kappa shape index (κ1) is 13.0. The van der Waals surface area contributed by atoms with E-state index in [0.29, 0.717) is 17.8 Å². The van der Waals surface area contributed by atoms with Gasteiger partial charge in [0.15, 0.2) is 0 Å². The molecule has 1 aliphatic carbocycles. The molecule has 0 heterocycles. The molecule has 0 saturated heterocycles. The maximum atomic E-state index is 10.7. The van der Waals surface area contributed by atoms with Crippen LogP contribution in [0.5, 0.6) is 0 Å². The van der Waals surface area contributed by atoms with Crippen molar-refractivity contribution in [1.82, 2.24) is 0 Å². The lowest BCUT2D eigenvalue weighted by molar-refractivity contribution is -0.121. The Balaban J connectivity index is 2.50. The van der Waals surface area contributed by atoms with Crippen molar-refractivity contribution in [3.8, 4) is 0 Å². The van der Waals surface area contributed by atoms with E-state index in [2.05, 4.69) is 20.8 Å². The molecule has 88 valence electrons. The lowest BCUT2D eigenvalue weighted by atomic mass is 9.75. The molecule has 0 spiro atoms. The Morgan fingerprint density at radius 3 is 2.67 bits per heavy atom. The second kappa shape index (κ2) is 5.86. The number of halogens is 1. The van der Waals surface area contributed by atoms with Crippen molar-refractivity contribution in [2.24, 2.45) is 17.8 Å². The van der Waals surface area contributed by atoms with E-state index in [9.17, 15) is 4.79 Å². The first-order valence-corrected chi connectivity index (χ1v) is 6.18. The molecule has 0 aromatic rings. The smallest absolute Gasteiger partial charge is 0.247 e. The summed E-state index contributed by atoms with van der Waals surface area (Å²) < 4.78 is 5.61. The largest absolute Gasteiger partial charge is 0.369 e. The SMILES string of the molecule is CC(C)[C@H]1CC[C@H](C)C[C@@H]1OCC(=O)Cl. The van der Waals surface area contributed by atoms with Crippen molar-refractivity contribution in [3.63, 3.8) is 0 Å². The van der Waals surface area contributed by atoms with E-state index >= 15 is 0 Å². The molecule has 15 heavy (non-hydrogen) atoms. The van der Waals surface area contributed by atoms with Crippen LogP contribution in [-0.4, -0.2) is 18.0 Å².